The topological polar surface area (TPSA) is 94.7 Å². The second kappa shape index (κ2) is 4.73. The molecule has 3 rings (SSSR count). The van der Waals surface area contributed by atoms with Gasteiger partial charge in [0.2, 0.25) is 0 Å². The third-order valence-corrected chi connectivity index (χ3v) is 2.98. The average molecular weight is 272 g/mol. The summed E-state index contributed by atoms with van der Waals surface area (Å²) >= 11 is 0. The minimum atomic E-state index is -0.767. The summed E-state index contributed by atoms with van der Waals surface area (Å²) in [7, 11) is 0. The summed E-state index contributed by atoms with van der Waals surface area (Å²) in [5, 5.41) is 9.74. The molecule has 0 spiro atoms. The lowest BCUT2D eigenvalue weighted by atomic mass is 10.1. The van der Waals surface area contributed by atoms with E-state index >= 15 is 0 Å². The molecule has 0 saturated carbocycles. The molecule has 6 nitrogen and oxygen atoms in total. The van der Waals surface area contributed by atoms with Crippen LogP contribution in [0.1, 0.15) is 10.5 Å². The lowest BCUT2D eigenvalue weighted by molar-refractivity contribution is 0.0993. The van der Waals surface area contributed by atoms with Crippen molar-refractivity contribution in [3.63, 3.8) is 0 Å². The Balaban J connectivity index is 2.01. The van der Waals surface area contributed by atoms with Crippen LogP contribution in [0.25, 0.3) is 11.1 Å². The molecule has 1 amide bonds. The summed E-state index contributed by atoms with van der Waals surface area (Å²) in [5.41, 5.74) is 6.41. The Hall–Kier alpha value is -2.76. The maximum Gasteiger partial charge on any atom is 0.271 e. The third-order valence-electron chi connectivity index (χ3n) is 2.98. The summed E-state index contributed by atoms with van der Waals surface area (Å²) in [6.07, 6.45) is 1.48. The fourth-order valence-corrected chi connectivity index (χ4v) is 2.02. The van der Waals surface area contributed by atoms with E-state index in [4.69, 9.17) is 15.2 Å². The van der Waals surface area contributed by atoms with Crippen LogP contribution in [0.15, 0.2) is 30.5 Å². The fraction of sp³-hybridized carbons (Fsp3) is 0.143. The molecular weight excluding hydrogens is 260 g/mol. The SMILES string of the molecule is NC(=O)c1ncc(-c2ccc3c(c2)OCCO3)cc1O. The summed E-state index contributed by atoms with van der Waals surface area (Å²) in [6, 6.07) is 6.87. The minimum absolute atomic E-state index is 0.147. The number of carbonyl (C=O) groups excluding carboxylic acids is 1. The van der Waals surface area contributed by atoms with Crippen LogP contribution in [-0.4, -0.2) is 29.2 Å². The second-order valence-electron chi connectivity index (χ2n) is 4.31. The molecule has 1 aromatic heterocycles. The highest BCUT2D eigenvalue weighted by molar-refractivity contribution is 5.94. The van der Waals surface area contributed by atoms with Gasteiger partial charge in [0.05, 0.1) is 0 Å². The fourth-order valence-electron chi connectivity index (χ4n) is 2.02. The number of benzene rings is 1. The van der Waals surface area contributed by atoms with Crippen molar-refractivity contribution in [2.75, 3.05) is 13.2 Å². The highest BCUT2D eigenvalue weighted by atomic mass is 16.6. The van der Waals surface area contributed by atoms with E-state index in [1.807, 2.05) is 6.07 Å². The van der Waals surface area contributed by atoms with Gasteiger partial charge in [-0.1, -0.05) is 6.07 Å². The van der Waals surface area contributed by atoms with Crippen molar-refractivity contribution in [3.8, 4) is 28.4 Å². The number of aromatic hydroxyl groups is 1. The molecule has 20 heavy (non-hydrogen) atoms. The zero-order valence-corrected chi connectivity index (χ0v) is 10.5. The summed E-state index contributed by atoms with van der Waals surface area (Å²) in [6.45, 7) is 1.03. The molecule has 1 aromatic carbocycles. The Morgan fingerprint density at radius 2 is 1.90 bits per heavy atom. The van der Waals surface area contributed by atoms with Crippen LogP contribution in [0.4, 0.5) is 0 Å². The van der Waals surface area contributed by atoms with E-state index in [2.05, 4.69) is 4.98 Å². The van der Waals surface area contributed by atoms with Crippen LogP contribution in [0.3, 0.4) is 0 Å². The van der Waals surface area contributed by atoms with Crippen LogP contribution < -0.4 is 15.2 Å². The van der Waals surface area contributed by atoms with E-state index in [0.717, 1.165) is 5.56 Å². The Labute approximate surface area is 114 Å². The highest BCUT2D eigenvalue weighted by Crippen LogP contribution is 2.35. The highest BCUT2D eigenvalue weighted by Gasteiger charge is 2.14. The number of primary amides is 1. The molecule has 102 valence electrons. The van der Waals surface area contributed by atoms with Gasteiger partial charge in [-0.2, -0.15) is 0 Å². The Bertz CT molecular complexity index is 685. The first-order chi connectivity index (χ1) is 9.65. The van der Waals surface area contributed by atoms with E-state index in [0.29, 0.717) is 30.3 Å². The van der Waals surface area contributed by atoms with Gasteiger partial charge in [0.25, 0.3) is 5.91 Å². The first kappa shape index (κ1) is 12.3. The van der Waals surface area contributed by atoms with Crippen molar-refractivity contribution in [2.45, 2.75) is 0 Å². The van der Waals surface area contributed by atoms with Gasteiger partial charge in [0.15, 0.2) is 17.2 Å². The monoisotopic (exact) mass is 272 g/mol. The van der Waals surface area contributed by atoms with Gasteiger partial charge in [-0.3, -0.25) is 4.79 Å². The number of nitrogens with zero attached hydrogens (tertiary/aromatic N) is 1. The predicted octanol–water partition coefficient (Wildman–Crippen LogP) is 1.32. The maximum atomic E-state index is 11.0. The molecule has 0 aliphatic carbocycles. The number of rotatable bonds is 2. The molecule has 3 N–H and O–H groups in total. The van der Waals surface area contributed by atoms with Crippen LogP contribution in [0.5, 0.6) is 17.2 Å². The number of nitrogens with two attached hydrogens (primary N) is 1. The zero-order chi connectivity index (χ0) is 14.1. The normalized spacial score (nSPS) is 13.0. The van der Waals surface area contributed by atoms with E-state index in [9.17, 15) is 9.90 Å². The first-order valence-electron chi connectivity index (χ1n) is 6.04. The van der Waals surface area contributed by atoms with Gasteiger partial charge < -0.3 is 20.3 Å². The molecule has 0 fully saturated rings. The number of ether oxygens (including phenoxy) is 2. The number of aromatic nitrogens is 1. The zero-order valence-electron chi connectivity index (χ0n) is 10.5. The molecular formula is C14H12N2O4. The van der Waals surface area contributed by atoms with Gasteiger partial charge in [0.1, 0.15) is 19.0 Å². The third kappa shape index (κ3) is 2.11. The maximum absolute atomic E-state index is 11.0. The number of amides is 1. The van der Waals surface area contributed by atoms with Crippen molar-refractivity contribution in [2.24, 2.45) is 5.73 Å². The molecule has 0 saturated heterocycles. The van der Waals surface area contributed by atoms with Crippen molar-refractivity contribution < 1.29 is 19.4 Å². The van der Waals surface area contributed by atoms with Gasteiger partial charge >= 0.3 is 0 Å². The molecule has 0 radical (unpaired) electrons. The molecule has 2 heterocycles. The van der Waals surface area contributed by atoms with Crippen LogP contribution in [-0.2, 0) is 0 Å². The number of carbonyl (C=O) groups is 1. The van der Waals surface area contributed by atoms with E-state index in [1.165, 1.54) is 12.3 Å². The van der Waals surface area contributed by atoms with Crippen LogP contribution in [0, 0.1) is 0 Å². The number of pyridine rings is 1. The van der Waals surface area contributed by atoms with Gasteiger partial charge in [0, 0.05) is 11.8 Å². The Morgan fingerprint density at radius 3 is 2.60 bits per heavy atom. The lowest BCUT2D eigenvalue weighted by Gasteiger charge is -2.18. The molecule has 0 unspecified atom stereocenters. The van der Waals surface area contributed by atoms with Crippen molar-refractivity contribution in [3.05, 3.63) is 36.2 Å². The molecule has 0 atom stereocenters. The van der Waals surface area contributed by atoms with Gasteiger partial charge in [-0.15, -0.1) is 0 Å². The number of hydrogen-bond donors (Lipinski definition) is 2. The van der Waals surface area contributed by atoms with E-state index in [-0.39, 0.29) is 11.4 Å². The van der Waals surface area contributed by atoms with Crippen molar-refractivity contribution in [1.29, 1.82) is 0 Å². The van der Waals surface area contributed by atoms with E-state index < -0.39 is 5.91 Å². The van der Waals surface area contributed by atoms with Crippen LogP contribution in [0.2, 0.25) is 0 Å². The number of fused-ring (bicyclic) bond motifs is 1. The molecule has 0 bridgehead atoms. The minimum Gasteiger partial charge on any atom is -0.505 e. The smallest absolute Gasteiger partial charge is 0.271 e. The second-order valence-corrected chi connectivity index (χ2v) is 4.31. The Kier molecular flexibility index (Phi) is 2.90. The molecule has 1 aliphatic heterocycles. The summed E-state index contributed by atoms with van der Waals surface area (Å²) in [5.74, 6) is 0.319. The van der Waals surface area contributed by atoms with Gasteiger partial charge in [-0.25, -0.2) is 4.98 Å². The summed E-state index contributed by atoms with van der Waals surface area (Å²) < 4.78 is 10.9. The predicted molar refractivity (Wildman–Crippen MR) is 70.8 cm³/mol. The quantitative estimate of drug-likeness (QED) is 0.859. The Morgan fingerprint density at radius 1 is 1.15 bits per heavy atom. The lowest BCUT2D eigenvalue weighted by Crippen LogP contribution is -2.15. The number of hydrogen-bond acceptors (Lipinski definition) is 5. The molecule has 6 heteroatoms. The van der Waals surface area contributed by atoms with E-state index in [1.54, 1.807) is 12.1 Å². The molecule has 1 aliphatic rings. The molecule has 2 aromatic rings. The van der Waals surface area contributed by atoms with Crippen molar-refractivity contribution >= 4 is 5.91 Å². The van der Waals surface area contributed by atoms with Gasteiger partial charge in [-0.05, 0) is 23.8 Å². The first-order valence-corrected chi connectivity index (χ1v) is 6.04. The van der Waals surface area contributed by atoms with Crippen LogP contribution >= 0.6 is 0 Å². The average Bonchev–Trinajstić information content (AvgIpc) is 2.46. The largest absolute Gasteiger partial charge is 0.505 e. The van der Waals surface area contributed by atoms with Crippen molar-refractivity contribution in [1.82, 2.24) is 4.98 Å². The standard InChI is InChI=1S/C14H12N2O4/c15-14(18)13-10(17)5-9(7-16-13)8-1-2-11-12(6-8)20-4-3-19-11/h1-2,5-7,17H,3-4H2,(H2,15,18). The summed E-state index contributed by atoms with van der Waals surface area (Å²) in [4.78, 5) is 14.9.